The first-order chi connectivity index (χ1) is 16.3. The van der Waals surface area contributed by atoms with Crippen LogP contribution in [0.3, 0.4) is 0 Å². The summed E-state index contributed by atoms with van der Waals surface area (Å²) in [6.07, 6.45) is 3.28. The monoisotopic (exact) mass is 537 g/mol. The topological polar surface area (TPSA) is 95.6 Å². The van der Waals surface area contributed by atoms with Gasteiger partial charge in [-0.3, -0.25) is 9.71 Å². The van der Waals surface area contributed by atoms with Crippen molar-refractivity contribution in [1.29, 1.82) is 0 Å². The third-order valence-corrected chi connectivity index (χ3v) is 7.11. The van der Waals surface area contributed by atoms with Crippen molar-refractivity contribution in [3.8, 4) is 0 Å². The summed E-state index contributed by atoms with van der Waals surface area (Å²) in [5.74, 6) is 0. The molecule has 0 amide bonds. The first-order valence-electron chi connectivity index (χ1n) is 10.2. The zero-order valence-electron chi connectivity index (χ0n) is 17.8. The molecule has 0 spiro atoms. The lowest BCUT2D eigenvalue weighted by atomic mass is 10.2. The number of pyridine rings is 1. The van der Waals surface area contributed by atoms with Crippen LogP contribution in [0.15, 0.2) is 65.8 Å². The number of benzene rings is 2. The van der Waals surface area contributed by atoms with Gasteiger partial charge in [0, 0.05) is 30.0 Å². The summed E-state index contributed by atoms with van der Waals surface area (Å²) in [6.45, 7) is 2.14. The van der Waals surface area contributed by atoms with Gasteiger partial charge in [-0.25, -0.2) is 8.42 Å². The third-order valence-electron chi connectivity index (χ3n) is 4.95. The molecule has 8 nitrogen and oxygen atoms in total. The number of aromatic nitrogens is 1. The highest BCUT2D eigenvalue weighted by Gasteiger charge is 2.25. The summed E-state index contributed by atoms with van der Waals surface area (Å²) in [4.78, 5) is 6.07. The number of halogens is 2. The maximum Gasteiger partial charge on any atom is 0.264 e. The van der Waals surface area contributed by atoms with Crippen molar-refractivity contribution in [2.24, 2.45) is 0 Å². The van der Waals surface area contributed by atoms with Crippen LogP contribution in [0.25, 0.3) is 0 Å². The molecular weight excluding hydrogens is 517 g/mol. The van der Waals surface area contributed by atoms with Crippen molar-refractivity contribution in [1.82, 2.24) is 4.98 Å². The van der Waals surface area contributed by atoms with Crippen LogP contribution in [0.5, 0.6) is 0 Å². The Morgan fingerprint density at radius 3 is 2.53 bits per heavy atom. The van der Waals surface area contributed by atoms with E-state index in [-0.39, 0.29) is 15.6 Å². The molecule has 0 aliphatic carbocycles. The molecule has 2 heterocycles. The van der Waals surface area contributed by atoms with E-state index < -0.39 is 10.0 Å². The van der Waals surface area contributed by atoms with Gasteiger partial charge in [-0.05, 0) is 60.7 Å². The van der Waals surface area contributed by atoms with Gasteiger partial charge in [0.05, 0.1) is 41.5 Å². The number of thiocarbonyl (C=S) groups is 1. The Kier molecular flexibility index (Phi) is 7.74. The molecule has 12 heteroatoms. The molecule has 178 valence electrons. The van der Waals surface area contributed by atoms with Crippen LogP contribution in [0, 0.1) is 0 Å². The van der Waals surface area contributed by atoms with Crippen molar-refractivity contribution < 1.29 is 13.2 Å². The van der Waals surface area contributed by atoms with E-state index in [0.29, 0.717) is 53.5 Å². The van der Waals surface area contributed by atoms with E-state index in [4.69, 9.17) is 40.2 Å². The Balaban J connectivity index is 1.66. The third kappa shape index (κ3) is 6.08. The summed E-state index contributed by atoms with van der Waals surface area (Å²) in [7, 11) is -4.04. The minimum atomic E-state index is -4.04. The molecule has 1 aromatic heterocycles. The van der Waals surface area contributed by atoms with E-state index in [1.807, 2.05) is 11.0 Å². The van der Waals surface area contributed by atoms with Gasteiger partial charge in [0.15, 0.2) is 5.11 Å². The molecule has 1 aliphatic rings. The van der Waals surface area contributed by atoms with Gasteiger partial charge in [0.1, 0.15) is 4.90 Å². The van der Waals surface area contributed by atoms with Crippen LogP contribution in [0.2, 0.25) is 10.0 Å². The Morgan fingerprint density at radius 2 is 1.79 bits per heavy atom. The zero-order valence-corrected chi connectivity index (χ0v) is 20.9. The van der Waals surface area contributed by atoms with Crippen LogP contribution in [0.4, 0.5) is 22.7 Å². The predicted octanol–water partition coefficient (Wildman–Crippen LogP) is 4.83. The summed E-state index contributed by atoms with van der Waals surface area (Å²) in [5, 5.41) is 6.93. The van der Waals surface area contributed by atoms with Gasteiger partial charge < -0.3 is 20.3 Å². The van der Waals surface area contributed by atoms with Crippen molar-refractivity contribution >= 4 is 73.3 Å². The fraction of sp³-hybridized carbons (Fsp3) is 0.182. The molecule has 3 N–H and O–H groups in total. The van der Waals surface area contributed by atoms with Gasteiger partial charge in [-0.15, -0.1) is 0 Å². The minimum Gasteiger partial charge on any atom is -0.378 e. The fourth-order valence-electron chi connectivity index (χ4n) is 3.38. The van der Waals surface area contributed by atoms with Crippen LogP contribution >= 0.6 is 35.4 Å². The molecule has 2 aromatic carbocycles. The van der Waals surface area contributed by atoms with Gasteiger partial charge in [-0.1, -0.05) is 23.2 Å². The van der Waals surface area contributed by atoms with Gasteiger partial charge in [-0.2, -0.15) is 0 Å². The quantitative estimate of drug-likeness (QED) is 0.384. The number of ether oxygens (including phenoxy) is 1. The molecule has 1 fully saturated rings. The van der Waals surface area contributed by atoms with E-state index >= 15 is 0 Å². The van der Waals surface area contributed by atoms with Crippen LogP contribution < -0.4 is 20.3 Å². The zero-order chi connectivity index (χ0) is 24.1. The average Bonchev–Trinajstić information content (AvgIpc) is 2.82. The lowest BCUT2D eigenvalue weighted by Gasteiger charge is -2.30. The first-order valence-corrected chi connectivity index (χ1v) is 12.9. The molecular formula is C22H21Cl2N5O3S2. The Morgan fingerprint density at radius 1 is 1.03 bits per heavy atom. The van der Waals surface area contributed by atoms with Gasteiger partial charge in [0.2, 0.25) is 0 Å². The second kappa shape index (κ2) is 10.7. The van der Waals surface area contributed by atoms with E-state index in [1.165, 1.54) is 18.2 Å². The Bertz CT molecular complexity index is 1290. The molecule has 0 saturated carbocycles. The van der Waals surface area contributed by atoms with Crippen molar-refractivity contribution in [2.45, 2.75) is 4.90 Å². The summed E-state index contributed by atoms with van der Waals surface area (Å²) in [6, 6.07) is 13.2. The highest BCUT2D eigenvalue weighted by Crippen LogP contribution is 2.33. The lowest BCUT2D eigenvalue weighted by Crippen LogP contribution is -2.37. The molecule has 3 aromatic rings. The van der Waals surface area contributed by atoms with Crippen molar-refractivity contribution in [3.63, 3.8) is 0 Å². The number of nitrogens with one attached hydrogen (secondary N) is 3. The van der Waals surface area contributed by atoms with E-state index in [0.717, 1.165) is 0 Å². The summed E-state index contributed by atoms with van der Waals surface area (Å²) >= 11 is 17.6. The molecule has 4 rings (SSSR count). The number of hydrogen-bond donors (Lipinski definition) is 3. The molecule has 0 atom stereocenters. The SMILES string of the molecule is O=S(=O)(Nc1cc(Cl)ccc1Cl)c1cc(NC(=S)Nc2cccnc2)ccc1N1CCOCC1. The van der Waals surface area contributed by atoms with E-state index in [2.05, 4.69) is 20.3 Å². The maximum atomic E-state index is 13.5. The first kappa shape index (κ1) is 24.5. The number of morpholine rings is 1. The number of sulfonamides is 1. The van der Waals surface area contributed by atoms with Crippen LogP contribution in [0.1, 0.15) is 0 Å². The number of anilines is 4. The number of rotatable bonds is 6. The van der Waals surface area contributed by atoms with Crippen molar-refractivity contribution in [2.75, 3.05) is 46.6 Å². The number of hydrogen-bond acceptors (Lipinski definition) is 6. The van der Waals surface area contributed by atoms with Crippen molar-refractivity contribution in [3.05, 3.63) is 71.0 Å². The molecule has 0 unspecified atom stereocenters. The highest BCUT2D eigenvalue weighted by atomic mass is 35.5. The fourth-order valence-corrected chi connectivity index (χ4v) is 5.33. The standard InChI is InChI=1S/C22H21Cl2N5O3S2/c23-15-3-5-18(24)19(12-15)28-34(30,31)21-13-16(4-6-20(21)29-8-10-32-11-9-29)26-22(33)27-17-2-1-7-25-14-17/h1-7,12-14,28H,8-11H2,(H2,26,27,33). The Labute approximate surface area is 213 Å². The second-order valence-electron chi connectivity index (χ2n) is 7.33. The molecule has 34 heavy (non-hydrogen) atoms. The van der Waals surface area contributed by atoms with E-state index in [1.54, 1.807) is 36.7 Å². The molecule has 1 saturated heterocycles. The smallest absolute Gasteiger partial charge is 0.264 e. The number of nitrogens with zero attached hydrogens (tertiary/aromatic N) is 2. The van der Waals surface area contributed by atoms with E-state index in [9.17, 15) is 8.42 Å². The normalized spacial score (nSPS) is 13.9. The average molecular weight is 538 g/mol. The second-order valence-corrected chi connectivity index (χ2v) is 10.2. The highest BCUT2D eigenvalue weighted by molar-refractivity contribution is 7.93. The van der Waals surface area contributed by atoms with Gasteiger partial charge >= 0.3 is 0 Å². The maximum absolute atomic E-state index is 13.5. The predicted molar refractivity (Wildman–Crippen MR) is 141 cm³/mol. The minimum absolute atomic E-state index is 0.0691. The van der Waals surface area contributed by atoms with Gasteiger partial charge in [0.25, 0.3) is 10.0 Å². The largest absolute Gasteiger partial charge is 0.378 e. The summed E-state index contributed by atoms with van der Waals surface area (Å²) in [5.41, 5.74) is 1.94. The molecule has 1 aliphatic heterocycles. The van der Waals surface area contributed by atoms with Crippen LogP contribution in [-0.4, -0.2) is 44.8 Å². The Hall–Kier alpha value is -2.63. The van der Waals surface area contributed by atoms with Crippen LogP contribution in [-0.2, 0) is 14.8 Å². The molecule has 0 bridgehead atoms. The molecule has 0 radical (unpaired) electrons. The lowest BCUT2D eigenvalue weighted by molar-refractivity contribution is 0.122. The summed E-state index contributed by atoms with van der Waals surface area (Å²) < 4.78 is 35.0.